The van der Waals surface area contributed by atoms with Gasteiger partial charge in [0.2, 0.25) is 0 Å². The highest BCUT2D eigenvalue weighted by Gasteiger charge is 2.52. The lowest BCUT2D eigenvalue weighted by Crippen LogP contribution is -2.28. The van der Waals surface area contributed by atoms with Crippen molar-refractivity contribution in [1.29, 1.82) is 0 Å². The van der Waals surface area contributed by atoms with Crippen molar-refractivity contribution in [2.24, 2.45) is 0 Å². The summed E-state index contributed by atoms with van der Waals surface area (Å²) in [5, 5.41) is 7.67. The monoisotopic (exact) mass is 865 g/mol. The van der Waals surface area contributed by atoms with E-state index in [-0.39, 0.29) is 5.41 Å². The lowest BCUT2D eigenvalue weighted by atomic mass is 9.68. The number of nitrogens with zero attached hydrogens (tertiary/aromatic N) is 1. The van der Waals surface area contributed by atoms with E-state index in [1.807, 2.05) is 0 Å². The summed E-state index contributed by atoms with van der Waals surface area (Å²) in [6, 6.07) is 85.9. The van der Waals surface area contributed by atoms with E-state index in [1.54, 1.807) is 0 Å². The summed E-state index contributed by atoms with van der Waals surface area (Å²) in [7, 11) is 0. The van der Waals surface area contributed by atoms with Gasteiger partial charge in [0.1, 0.15) is 0 Å². The molecule has 0 amide bonds. The van der Waals surface area contributed by atoms with E-state index in [0.717, 1.165) is 5.69 Å². The molecule has 0 radical (unpaired) electrons. The molecule has 0 aromatic heterocycles. The molecule has 1 saturated carbocycles. The smallest absolute Gasteiger partial charge is 0.0726 e. The van der Waals surface area contributed by atoms with E-state index in [4.69, 9.17) is 0 Å². The molecular weight excluding hydrogens is 819 g/mol. The van der Waals surface area contributed by atoms with Crippen molar-refractivity contribution in [3.05, 3.63) is 258 Å². The quantitative estimate of drug-likeness (QED) is 0.159. The molecule has 68 heavy (non-hydrogen) atoms. The van der Waals surface area contributed by atoms with Gasteiger partial charge < -0.3 is 4.90 Å². The van der Waals surface area contributed by atoms with Gasteiger partial charge in [-0.1, -0.05) is 207 Å². The fourth-order valence-electron chi connectivity index (χ4n) is 13.9. The highest BCUT2D eigenvalue weighted by Crippen LogP contribution is 2.65. The van der Waals surface area contributed by atoms with E-state index < -0.39 is 5.41 Å². The standard InChI is InChI=1S/C67H47N/c1-3-19-43(20-4-1)55-41-58-54-28-12-16-32-63(54)67(61-30-14-10-25-51(61)52-26-11-15-31-62(52)67)64(58)42-65(55)68(44-33-35-50-48-23-6-5-21-46(48)47-22-7-8-24-49(47)56(50)39-44)45-34-36-60-57(40-45)53-27-9-13-29-59(53)66(60)37-17-2-18-38-66/h1,3-16,19-36,39-42H,2,17-18,37-38H2. The van der Waals surface area contributed by atoms with Gasteiger partial charge in [0.25, 0.3) is 0 Å². The molecule has 0 aliphatic heterocycles. The summed E-state index contributed by atoms with van der Waals surface area (Å²) in [4.78, 5) is 2.62. The molecule has 0 heterocycles. The second-order valence-corrected chi connectivity index (χ2v) is 19.7. The molecule has 4 aliphatic carbocycles. The molecule has 1 heteroatoms. The van der Waals surface area contributed by atoms with E-state index in [9.17, 15) is 0 Å². The molecule has 0 unspecified atom stereocenters. The lowest BCUT2D eigenvalue weighted by Gasteiger charge is -2.36. The highest BCUT2D eigenvalue weighted by atomic mass is 15.1. The van der Waals surface area contributed by atoms with Crippen molar-refractivity contribution in [2.45, 2.75) is 42.9 Å². The molecule has 0 bridgehead atoms. The van der Waals surface area contributed by atoms with Gasteiger partial charge in [0.15, 0.2) is 0 Å². The van der Waals surface area contributed by atoms with E-state index in [1.165, 1.54) is 154 Å². The predicted molar refractivity (Wildman–Crippen MR) is 285 cm³/mol. The van der Waals surface area contributed by atoms with E-state index in [2.05, 4.69) is 229 Å². The number of benzene rings is 11. The van der Waals surface area contributed by atoms with Crippen molar-refractivity contribution in [3.63, 3.8) is 0 Å². The average molecular weight is 866 g/mol. The largest absolute Gasteiger partial charge is 0.310 e. The Hall–Kier alpha value is -8.00. The van der Waals surface area contributed by atoms with Crippen LogP contribution in [0.2, 0.25) is 0 Å². The van der Waals surface area contributed by atoms with E-state index in [0.29, 0.717) is 0 Å². The van der Waals surface area contributed by atoms with Gasteiger partial charge in [-0.15, -0.1) is 0 Å². The van der Waals surface area contributed by atoms with Crippen molar-refractivity contribution in [3.8, 4) is 44.5 Å². The first-order valence-electron chi connectivity index (χ1n) is 24.6. The molecule has 1 nitrogen and oxygen atoms in total. The number of anilines is 3. The molecule has 11 aromatic rings. The van der Waals surface area contributed by atoms with Crippen LogP contribution >= 0.6 is 0 Å². The first kappa shape index (κ1) is 38.1. The van der Waals surface area contributed by atoms with Gasteiger partial charge in [-0.25, -0.2) is 0 Å². The Bertz CT molecular complexity index is 3820. The average Bonchev–Trinajstić information content (AvgIpc) is 3.98. The maximum absolute atomic E-state index is 2.62. The minimum absolute atomic E-state index is 0.0701. The van der Waals surface area contributed by atoms with Gasteiger partial charge >= 0.3 is 0 Å². The summed E-state index contributed by atoms with van der Waals surface area (Å²) in [5.41, 5.74) is 21.9. The Morgan fingerprint density at radius 1 is 0.279 bits per heavy atom. The summed E-state index contributed by atoms with van der Waals surface area (Å²) >= 11 is 0. The zero-order valence-electron chi connectivity index (χ0n) is 37.8. The maximum atomic E-state index is 2.62. The van der Waals surface area contributed by atoms with Crippen LogP contribution in [0, 0.1) is 0 Å². The zero-order chi connectivity index (χ0) is 44.6. The normalized spacial score (nSPS) is 15.3. The van der Waals surface area contributed by atoms with Crippen molar-refractivity contribution in [2.75, 3.05) is 4.90 Å². The predicted octanol–water partition coefficient (Wildman–Crippen LogP) is 17.9. The minimum atomic E-state index is -0.489. The van der Waals surface area contributed by atoms with Crippen LogP contribution in [-0.2, 0) is 10.8 Å². The van der Waals surface area contributed by atoms with Crippen LogP contribution in [0.4, 0.5) is 17.1 Å². The molecule has 15 rings (SSSR count). The van der Waals surface area contributed by atoms with Crippen LogP contribution in [0.25, 0.3) is 76.8 Å². The molecule has 1 fully saturated rings. The fraction of sp³-hybridized carbons (Fsp3) is 0.104. The lowest BCUT2D eigenvalue weighted by molar-refractivity contribution is 0.353. The summed E-state index contributed by atoms with van der Waals surface area (Å²) in [6.45, 7) is 0. The van der Waals surface area contributed by atoms with Gasteiger partial charge in [0, 0.05) is 22.4 Å². The first-order chi connectivity index (χ1) is 33.7. The maximum Gasteiger partial charge on any atom is 0.0726 e. The van der Waals surface area contributed by atoms with Gasteiger partial charge in [0.05, 0.1) is 11.1 Å². The van der Waals surface area contributed by atoms with Crippen LogP contribution in [-0.4, -0.2) is 0 Å². The highest BCUT2D eigenvalue weighted by molar-refractivity contribution is 6.26. The Morgan fingerprint density at radius 2 is 0.721 bits per heavy atom. The Balaban J connectivity index is 1.07. The Kier molecular flexibility index (Phi) is 8.00. The molecule has 0 saturated heterocycles. The van der Waals surface area contributed by atoms with Crippen LogP contribution < -0.4 is 4.90 Å². The molecule has 0 atom stereocenters. The minimum Gasteiger partial charge on any atom is -0.310 e. The fourth-order valence-corrected chi connectivity index (χ4v) is 13.9. The zero-order valence-corrected chi connectivity index (χ0v) is 37.8. The SMILES string of the molecule is c1ccc(-c2cc3c(cc2N(c2ccc4c(c2)-c2ccccc2C42CCCCC2)c2ccc4c5ccccc5c5ccccc5c4c2)C2(c4ccccc4-c4ccccc42)c2ccccc2-3)cc1. The summed E-state index contributed by atoms with van der Waals surface area (Å²) in [5.74, 6) is 0. The Morgan fingerprint density at radius 3 is 1.34 bits per heavy atom. The Labute approximate surface area is 397 Å². The van der Waals surface area contributed by atoms with E-state index >= 15 is 0 Å². The summed E-state index contributed by atoms with van der Waals surface area (Å²) in [6.07, 6.45) is 6.28. The molecule has 0 N–H and O–H groups in total. The molecule has 320 valence electrons. The van der Waals surface area contributed by atoms with Gasteiger partial charge in [-0.3, -0.25) is 0 Å². The molecule has 2 spiro atoms. The number of hydrogen-bond acceptors (Lipinski definition) is 1. The van der Waals surface area contributed by atoms with Gasteiger partial charge in [-0.05, 0) is 154 Å². The second kappa shape index (κ2) is 14.3. The number of hydrogen-bond donors (Lipinski definition) is 0. The van der Waals surface area contributed by atoms with Crippen LogP contribution in [0.1, 0.15) is 65.5 Å². The molecule has 11 aromatic carbocycles. The molecular formula is C67H47N. The van der Waals surface area contributed by atoms with Crippen LogP contribution in [0.15, 0.2) is 224 Å². The third-order valence-corrected chi connectivity index (χ3v) is 16.6. The van der Waals surface area contributed by atoms with Gasteiger partial charge in [-0.2, -0.15) is 0 Å². The van der Waals surface area contributed by atoms with Crippen LogP contribution in [0.3, 0.4) is 0 Å². The van der Waals surface area contributed by atoms with Crippen molar-refractivity contribution < 1.29 is 0 Å². The van der Waals surface area contributed by atoms with Crippen LogP contribution in [0.5, 0.6) is 0 Å². The number of rotatable bonds is 4. The third kappa shape index (κ3) is 5.01. The molecule has 4 aliphatic rings. The topological polar surface area (TPSA) is 3.24 Å². The summed E-state index contributed by atoms with van der Waals surface area (Å²) < 4.78 is 0. The third-order valence-electron chi connectivity index (χ3n) is 16.6. The number of fused-ring (bicyclic) bond motifs is 21. The van der Waals surface area contributed by atoms with Crippen molar-refractivity contribution >= 4 is 49.4 Å². The second-order valence-electron chi connectivity index (χ2n) is 19.7. The van der Waals surface area contributed by atoms with Crippen molar-refractivity contribution in [1.82, 2.24) is 0 Å². The first-order valence-corrected chi connectivity index (χ1v) is 24.6.